The van der Waals surface area contributed by atoms with Crippen LogP contribution >= 0.6 is 0 Å². The van der Waals surface area contributed by atoms with E-state index < -0.39 is 29.8 Å². The third-order valence-electron chi connectivity index (χ3n) is 6.61. The lowest BCUT2D eigenvalue weighted by molar-refractivity contribution is -0.141. The van der Waals surface area contributed by atoms with Crippen LogP contribution in [-0.2, 0) is 9.53 Å². The highest BCUT2D eigenvalue weighted by Crippen LogP contribution is 2.44. The predicted octanol–water partition coefficient (Wildman–Crippen LogP) is 4.88. The van der Waals surface area contributed by atoms with Crippen LogP contribution in [0.3, 0.4) is 0 Å². The molecule has 5 rings (SSSR count). The third kappa shape index (κ3) is 4.12. The smallest absolute Gasteiger partial charge is 0.411 e. The molecule has 0 radical (unpaired) electrons. The molecule has 178 valence electrons. The third-order valence-corrected chi connectivity index (χ3v) is 6.61. The van der Waals surface area contributed by atoms with Gasteiger partial charge in [-0.25, -0.2) is 14.0 Å². The number of hydrogen-bond acceptors (Lipinski definition) is 4. The SMILES string of the molecule is O=C(Nc1cccc(C(=O)N2CCCC2C(=O)O)c1F)OCC1c2ccccc2-c2ccccc21. The molecule has 2 aliphatic rings. The molecular formula is C27H23FN2O5. The lowest BCUT2D eigenvalue weighted by atomic mass is 9.98. The van der Waals surface area contributed by atoms with Crippen molar-refractivity contribution in [1.29, 1.82) is 0 Å². The minimum absolute atomic E-state index is 0.0637. The van der Waals surface area contributed by atoms with Gasteiger partial charge < -0.3 is 14.7 Å². The van der Waals surface area contributed by atoms with Crippen molar-refractivity contribution in [2.75, 3.05) is 18.5 Å². The summed E-state index contributed by atoms with van der Waals surface area (Å²) in [5.74, 6) is -2.91. The zero-order valence-electron chi connectivity index (χ0n) is 18.7. The summed E-state index contributed by atoms with van der Waals surface area (Å²) in [6, 6.07) is 18.9. The summed E-state index contributed by atoms with van der Waals surface area (Å²) in [4.78, 5) is 38.0. The van der Waals surface area contributed by atoms with E-state index in [2.05, 4.69) is 5.32 Å². The summed E-state index contributed by atoms with van der Waals surface area (Å²) < 4.78 is 20.6. The zero-order valence-corrected chi connectivity index (χ0v) is 18.7. The zero-order chi connectivity index (χ0) is 24.5. The molecule has 0 aromatic heterocycles. The molecule has 0 spiro atoms. The maximum Gasteiger partial charge on any atom is 0.411 e. The molecule has 1 saturated heterocycles. The van der Waals surface area contributed by atoms with Crippen molar-refractivity contribution in [3.8, 4) is 11.1 Å². The summed E-state index contributed by atoms with van der Waals surface area (Å²) in [5.41, 5.74) is 3.79. The quantitative estimate of drug-likeness (QED) is 0.550. The predicted molar refractivity (Wildman–Crippen MR) is 127 cm³/mol. The molecule has 8 heteroatoms. The van der Waals surface area contributed by atoms with Gasteiger partial charge in [0.1, 0.15) is 12.6 Å². The van der Waals surface area contributed by atoms with E-state index in [1.54, 1.807) is 0 Å². The number of likely N-dealkylation sites (tertiary alicyclic amines) is 1. The number of carbonyl (C=O) groups excluding carboxylic acids is 2. The van der Waals surface area contributed by atoms with Crippen molar-refractivity contribution < 1.29 is 28.6 Å². The van der Waals surface area contributed by atoms with Gasteiger partial charge >= 0.3 is 12.1 Å². The number of ether oxygens (including phenoxy) is 1. The highest BCUT2D eigenvalue weighted by atomic mass is 19.1. The molecule has 1 aliphatic carbocycles. The molecule has 2 N–H and O–H groups in total. The Balaban J connectivity index is 1.29. The minimum Gasteiger partial charge on any atom is -0.480 e. The fourth-order valence-corrected chi connectivity index (χ4v) is 4.96. The van der Waals surface area contributed by atoms with Crippen molar-refractivity contribution in [2.24, 2.45) is 0 Å². The molecule has 1 fully saturated rings. The van der Waals surface area contributed by atoms with Gasteiger partial charge in [-0.05, 0) is 47.2 Å². The van der Waals surface area contributed by atoms with E-state index in [4.69, 9.17) is 4.74 Å². The first-order chi connectivity index (χ1) is 17.0. The second kappa shape index (κ2) is 9.21. The molecule has 2 amide bonds. The second-order valence-corrected chi connectivity index (χ2v) is 8.61. The van der Waals surface area contributed by atoms with E-state index in [1.807, 2.05) is 48.5 Å². The number of carboxylic acid groups (broad SMARTS) is 1. The number of aliphatic carboxylic acids is 1. The van der Waals surface area contributed by atoms with E-state index in [1.165, 1.54) is 18.2 Å². The molecular weight excluding hydrogens is 451 g/mol. The largest absolute Gasteiger partial charge is 0.480 e. The number of anilines is 1. The first kappa shape index (κ1) is 22.6. The van der Waals surface area contributed by atoms with Crippen molar-refractivity contribution in [1.82, 2.24) is 4.90 Å². The van der Waals surface area contributed by atoms with E-state index in [0.717, 1.165) is 27.2 Å². The van der Waals surface area contributed by atoms with Crippen molar-refractivity contribution in [3.05, 3.63) is 89.2 Å². The van der Waals surface area contributed by atoms with Gasteiger partial charge in [-0.1, -0.05) is 54.6 Å². The molecule has 3 aromatic carbocycles. The van der Waals surface area contributed by atoms with Gasteiger partial charge in [0.25, 0.3) is 5.91 Å². The molecule has 0 bridgehead atoms. The maximum absolute atomic E-state index is 15.1. The highest BCUT2D eigenvalue weighted by Gasteiger charge is 2.36. The first-order valence-electron chi connectivity index (χ1n) is 11.4. The van der Waals surface area contributed by atoms with Gasteiger partial charge in [-0.2, -0.15) is 0 Å². The number of halogens is 1. The van der Waals surface area contributed by atoms with E-state index >= 15 is 4.39 Å². The Morgan fingerprint density at radius 2 is 1.63 bits per heavy atom. The van der Waals surface area contributed by atoms with Crippen LogP contribution in [0.15, 0.2) is 66.7 Å². The molecule has 1 heterocycles. The van der Waals surface area contributed by atoms with Crippen LogP contribution in [0.2, 0.25) is 0 Å². The minimum atomic E-state index is -1.12. The summed E-state index contributed by atoms with van der Waals surface area (Å²) >= 11 is 0. The van der Waals surface area contributed by atoms with E-state index in [-0.39, 0.29) is 30.3 Å². The van der Waals surface area contributed by atoms with E-state index in [0.29, 0.717) is 12.8 Å². The van der Waals surface area contributed by atoms with Crippen LogP contribution in [0, 0.1) is 5.82 Å². The number of rotatable bonds is 5. The number of nitrogens with zero attached hydrogens (tertiary/aromatic N) is 1. The topological polar surface area (TPSA) is 95.9 Å². The number of fused-ring (bicyclic) bond motifs is 3. The van der Waals surface area contributed by atoms with Crippen LogP contribution < -0.4 is 5.32 Å². The Morgan fingerprint density at radius 3 is 2.29 bits per heavy atom. The lowest BCUT2D eigenvalue weighted by Crippen LogP contribution is -2.40. The number of hydrogen-bond donors (Lipinski definition) is 2. The molecule has 7 nitrogen and oxygen atoms in total. The summed E-state index contributed by atoms with van der Waals surface area (Å²) in [6.07, 6.45) is 0.00233. The number of nitrogens with one attached hydrogen (secondary N) is 1. The van der Waals surface area contributed by atoms with Crippen LogP contribution in [0.25, 0.3) is 11.1 Å². The van der Waals surface area contributed by atoms with Crippen LogP contribution in [0.4, 0.5) is 14.9 Å². The number of carbonyl (C=O) groups is 3. The summed E-state index contributed by atoms with van der Waals surface area (Å²) in [7, 11) is 0. The Hall–Kier alpha value is -4.20. The molecule has 35 heavy (non-hydrogen) atoms. The number of benzene rings is 3. The molecule has 3 aromatic rings. The monoisotopic (exact) mass is 474 g/mol. The van der Waals surface area contributed by atoms with E-state index in [9.17, 15) is 19.5 Å². The fraction of sp³-hybridized carbons (Fsp3) is 0.222. The average molecular weight is 474 g/mol. The van der Waals surface area contributed by atoms with Gasteiger partial charge in [0.15, 0.2) is 5.82 Å². The Labute approximate surface area is 201 Å². The van der Waals surface area contributed by atoms with Crippen LogP contribution in [-0.4, -0.2) is 47.2 Å². The number of amides is 2. The van der Waals surface area contributed by atoms with Gasteiger partial charge in [-0.15, -0.1) is 0 Å². The van der Waals surface area contributed by atoms with Crippen molar-refractivity contribution in [3.63, 3.8) is 0 Å². The highest BCUT2D eigenvalue weighted by molar-refractivity contribution is 5.99. The van der Waals surface area contributed by atoms with Crippen LogP contribution in [0.5, 0.6) is 0 Å². The first-order valence-corrected chi connectivity index (χ1v) is 11.4. The Bertz CT molecular complexity index is 1280. The van der Waals surface area contributed by atoms with Crippen LogP contribution in [0.1, 0.15) is 40.2 Å². The van der Waals surface area contributed by atoms with Gasteiger partial charge in [0.2, 0.25) is 0 Å². The lowest BCUT2D eigenvalue weighted by Gasteiger charge is -2.22. The van der Waals surface area contributed by atoms with Gasteiger partial charge in [0.05, 0.1) is 11.3 Å². The number of carboxylic acids is 1. The summed E-state index contributed by atoms with van der Waals surface area (Å²) in [6.45, 7) is 0.299. The Kier molecular flexibility index (Phi) is 5.94. The summed E-state index contributed by atoms with van der Waals surface area (Å²) in [5, 5.41) is 11.7. The second-order valence-electron chi connectivity index (χ2n) is 8.61. The Morgan fingerprint density at radius 1 is 0.971 bits per heavy atom. The van der Waals surface area contributed by atoms with Gasteiger partial charge in [-0.3, -0.25) is 10.1 Å². The normalized spacial score (nSPS) is 16.5. The van der Waals surface area contributed by atoms with Gasteiger partial charge in [0, 0.05) is 12.5 Å². The van der Waals surface area contributed by atoms with Crippen molar-refractivity contribution >= 4 is 23.7 Å². The van der Waals surface area contributed by atoms with Crippen molar-refractivity contribution in [2.45, 2.75) is 24.8 Å². The fourth-order valence-electron chi connectivity index (χ4n) is 4.96. The standard InChI is InChI=1S/C27H23FN2O5/c28-24-20(25(31)30-14-6-13-23(30)26(32)33)11-5-12-22(24)29-27(34)35-15-21-18-9-3-1-7-16(18)17-8-2-4-10-19(17)21/h1-5,7-12,21,23H,6,13-15H2,(H,29,34)(H,32,33). The molecule has 1 atom stereocenters. The molecule has 1 unspecified atom stereocenters. The molecule has 1 aliphatic heterocycles. The maximum atomic E-state index is 15.1. The molecule has 0 saturated carbocycles. The average Bonchev–Trinajstić information content (AvgIpc) is 3.47.